The quantitative estimate of drug-likeness (QED) is 0.826. The van der Waals surface area contributed by atoms with Crippen LogP contribution in [-0.2, 0) is 16.6 Å². The van der Waals surface area contributed by atoms with E-state index in [2.05, 4.69) is 4.98 Å². The Morgan fingerprint density at radius 3 is 2.82 bits per heavy atom. The Balaban J connectivity index is 2.42. The Morgan fingerprint density at radius 2 is 2.35 bits per heavy atom. The molecule has 6 nitrogen and oxygen atoms in total. The number of aromatic nitrogens is 2. The second kappa shape index (κ2) is 4.20. The molecular formula is C11H15N3O3. The first-order valence-corrected chi connectivity index (χ1v) is 5.55. The van der Waals surface area contributed by atoms with E-state index in [1.165, 1.54) is 0 Å². The van der Waals surface area contributed by atoms with Crippen molar-refractivity contribution in [1.82, 2.24) is 14.5 Å². The minimum Gasteiger partial charge on any atom is -0.481 e. The Hall–Kier alpha value is -1.85. The Kier molecular flexibility index (Phi) is 2.87. The van der Waals surface area contributed by atoms with Crippen LogP contribution in [0.2, 0.25) is 0 Å². The highest BCUT2D eigenvalue weighted by atomic mass is 16.4. The molecule has 0 aliphatic carbocycles. The highest BCUT2D eigenvalue weighted by Crippen LogP contribution is 2.36. The van der Waals surface area contributed by atoms with Crippen LogP contribution in [-0.4, -0.2) is 38.0 Å². The van der Waals surface area contributed by atoms with Crippen molar-refractivity contribution in [3.63, 3.8) is 0 Å². The summed E-state index contributed by atoms with van der Waals surface area (Å²) in [6.45, 7) is 2.35. The van der Waals surface area contributed by atoms with Gasteiger partial charge in [0.1, 0.15) is 11.9 Å². The van der Waals surface area contributed by atoms with E-state index in [1.54, 1.807) is 28.9 Å². The van der Waals surface area contributed by atoms with E-state index in [1.807, 2.05) is 6.92 Å². The maximum absolute atomic E-state index is 11.8. The van der Waals surface area contributed by atoms with Crippen LogP contribution < -0.4 is 0 Å². The summed E-state index contributed by atoms with van der Waals surface area (Å²) in [4.78, 5) is 28.7. The van der Waals surface area contributed by atoms with Crippen LogP contribution >= 0.6 is 0 Å². The van der Waals surface area contributed by atoms with E-state index in [9.17, 15) is 14.7 Å². The number of amides is 1. The maximum atomic E-state index is 11.8. The summed E-state index contributed by atoms with van der Waals surface area (Å²) in [5.41, 5.74) is 0. The zero-order chi connectivity index (χ0) is 12.6. The molecule has 1 aromatic heterocycles. The summed E-state index contributed by atoms with van der Waals surface area (Å²) in [5, 5.41) is 9.19. The van der Waals surface area contributed by atoms with Crippen molar-refractivity contribution in [2.24, 2.45) is 13.0 Å². The zero-order valence-electron chi connectivity index (χ0n) is 9.83. The number of hydrogen-bond acceptors (Lipinski definition) is 3. The number of likely N-dealkylation sites (tertiary alicyclic amines) is 1. The van der Waals surface area contributed by atoms with Crippen LogP contribution in [0.3, 0.4) is 0 Å². The number of carboxylic acids is 1. The average molecular weight is 237 g/mol. The topological polar surface area (TPSA) is 75.4 Å². The number of rotatable bonds is 3. The number of carboxylic acid groups (broad SMARTS) is 1. The van der Waals surface area contributed by atoms with Gasteiger partial charge in [-0.3, -0.25) is 9.59 Å². The lowest BCUT2D eigenvalue weighted by Gasteiger charge is -2.25. The smallest absolute Gasteiger partial charge is 0.309 e. The molecule has 2 unspecified atom stereocenters. The molecule has 1 fully saturated rings. The number of imidazole rings is 1. The van der Waals surface area contributed by atoms with Crippen molar-refractivity contribution in [1.29, 1.82) is 0 Å². The van der Waals surface area contributed by atoms with E-state index in [0.717, 1.165) is 0 Å². The third-order valence-corrected chi connectivity index (χ3v) is 3.21. The molecule has 0 radical (unpaired) electrons. The predicted molar refractivity (Wildman–Crippen MR) is 59.1 cm³/mol. The number of carbonyl (C=O) groups excluding carboxylic acids is 1. The molecule has 0 saturated carbocycles. The van der Waals surface area contributed by atoms with Gasteiger partial charge in [-0.25, -0.2) is 4.98 Å². The molecule has 1 aliphatic rings. The number of aliphatic carboxylic acids is 1. The number of hydrogen-bond donors (Lipinski definition) is 1. The third kappa shape index (κ3) is 1.79. The molecule has 0 spiro atoms. The van der Waals surface area contributed by atoms with Crippen molar-refractivity contribution < 1.29 is 14.7 Å². The average Bonchev–Trinajstić information content (AvgIpc) is 2.81. The van der Waals surface area contributed by atoms with Gasteiger partial charge in [0.05, 0.1) is 5.92 Å². The molecule has 6 heteroatoms. The van der Waals surface area contributed by atoms with Crippen molar-refractivity contribution >= 4 is 11.9 Å². The highest BCUT2D eigenvalue weighted by Gasteiger charge is 2.45. The summed E-state index contributed by atoms with van der Waals surface area (Å²) in [7, 11) is 1.80. The van der Waals surface area contributed by atoms with Gasteiger partial charge < -0.3 is 14.6 Å². The van der Waals surface area contributed by atoms with E-state index in [0.29, 0.717) is 12.4 Å². The molecule has 1 N–H and O–H groups in total. The molecule has 2 atom stereocenters. The van der Waals surface area contributed by atoms with E-state index in [-0.39, 0.29) is 12.3 Å². The second-order valence-electron chi connectivity index (χ2n) is 4.17. The Labute approximate surface area is 98.9 Å². The van der Waals surface area contributed by atoms with Gasteiger partial charge in [-0.05, 0) is 6.92 Å². The Morgan fingerprint density at radius 1 is 1.65 bits per heavy atom. The minimum absolute atomic E-state index is 0.0563. The molecule has 2 rings (SSSR count). The summed E-state index contributed by atoms with van der Waals surface area (Å²) in [6, 6.07) is -0.454. The monoisotopic (exact) mass is 237 g/mol. The lowest BCUT2D eigenvalue weighted by atomic mass is 10.00. The SMILES string of the molecule is CCN1C(=O)CC(C(=O)O)C1c1nccn1C. The molecule has 1 aromatic rings. The maximum Gasteiger partial charge on any atom is 0.309 e. The van der Waals surface area contributed by atoms with Crippen LogP contribution in [0.15, 0.2) is 12.4 Å². The molecular weight excluding hydrogens is 222 g/mol. The largest absolute Gasteiger partial charge is 0.481 e. The van der Waals surface area contributed by atoms with Gasteiger partial charge in [0.25, 0.3) is 0 Å². The molecule has 2 heterocycles. The third-order valence-electron chi connectivity index (χ3n) is 3.21. The summed E-state index contributed by atoms with van der Waals surface area (Å²) in [5.74, 6) is -1.14. The van der Waals surface area contributed by atoms with Gasteiger partial charge in [-0.2, -0.15) is 0 Å². The first-order valence-electron chi connectivity index (χ1n) is 5.55. The number of carbonyl (C=O) groups is 2. The van der Waals surface area contributed by atoms with Crippen LogP contribution in [0.1, 0.15) is 25.2 Å². The normalized spacial score (nSPS) is 24.4. The summed E-state index contributed by atoms with van der Waals surface area (Å²) in [6.07, 6.45) is 3.43. The summed E-state index contributed by atoms with van der Waals surface area (Å²) >= 11 is 0. The van der Waals surface area contributed by atoms with Crippen molar-refractivity contribution in [2.75, 3.05) is 6.54 Å². The van der Waals surface area contributed by atoms with E-state index >= 15 is 0 Å². The van der Waals surface area contributed by atoms with Crippen LogP contribution in [0.4, 0.5) is 0 Å². The van der Waals surface area contributed by atoms with E-state index < -0.39 is 17.9 Å². The predicted octanol–water partition coefficient (Wildman–Crippen LogP) is 0.414. The zero-order valence-corrected chi connectivity index (χ0v) is 9.83. The molecule has 0 bridgehead atoms. The molecule has 1 amide bonds. The molecule has 17 heavy (non-hydrogen) atoms. The minimum atomic E-state index is -0.942. The summed E-state index contributed by atoms with van der Waals surface area (Å²) < 4.78 is 1.77. The van der Waals surface area contributed by atoms with Crippen LogP contribution in [0, 0.1) is 5.92 Å². The lowest BCUT2D eigenvalue weighted by molar-refractivity contribution is -0.142. The van der Waals surface area contributed by atoms with Crippen LogP contribution in [0.5, 0.6) is 0 Å². The fourth-order valence-electron chi connectivity index (χ4n) is 2.37. The van der Waals surface area contributed by atoms with Gasteiger partial charge in [0, 0.05) is 32.4 Å². The van der Waals surface area contributed by atoms with Gasteiger partial charge in [0.15, 0.2) is 0 Å². The first-order chi connectivity index (χ1) is 8.06. The van der Waals surface area contributed by atoms with Crippen LogP contribution in [0.25, 0.3) is 0 Å². The van der Waals surface area contributed by atoms with E-state index in [4.69, 9.17) is 0 Å². The van der Waals surface area contributed by atoms with Gasteiger partial charge >= 0.3 is 5.97 Å². The number of nitrogens with zero attached hydrogens (tertiary/aromatic N) is 3. The lowest BCUT2D eigenvalue weighted by Crippen LogP contribution is -2.32. The van der Waals surface area contributed by atoms with Gasteiger partial charge in [0.2, 0.25) is 5.91 Å². The van der Waals surface area contributed by atoms with Crippen molar-refractivity contribution in [3.05, 3.63) is 18.2 Å². The standard InChI is InChI=1S/C11H15N3O3/c1-3-14-8(15)6-7(11(16)17)9(14)10-12-4-5-13(10)2/h4-5,7,9H,3,6H2,1-2H3,(H,16,17). The van der Waals surface area contributed by atoms with Crippen molar-refractivity contribution in [3.8, 4) is 0 Å². The fraction of sp³-hybridized carbons (Fsp3) is 0.545. The number of aryl methyl sites for hydroxylation is 1. The molecule has 1 saturated heterocycles. The molecule has 92 valence electrons. The molecule has 0 aromatic carbocycles. The Bertz CT molecular complexity index is 455. The second-order valence-corrected chi connectivity index (χ2v) is 4.17. The van der Waals surface area contributed by atoms with Gasteiger partial charge in [-0.1, -0.05) is 0 Å². The van der Waals surface area contributed by atoms with Crippen molar-refractivity contribution in [2.45, 2.75) is 19.4 Å². The first kappa shape index (κ1) is 11.6. The highest BCUT2D eigenvalue weighted by molar-refractivity contribution is 5.87. The fourth-order valence-corrected chi connectivity index (χ4v) is 2.37. The molecule has 1 aliphatic heterocycles. The van der Waals surface area contributed by atoms with Gasteiger partial charge in [-0.15, -0.1) is 0 Å².